The molecule has 0 fully saturated rings. The van der Waals surface area contributed by atoms with Gasteiger partial charge in [0.25, 0.3) is 12.0 Å². The molecule has 0 aromatic carbocycles. The number of hydrogen-bond acceptors (Lipinski definition) is 2. The maximum Gasteiger partial charge on any atom is 0.329 e. The Morgan fingerprint density at radius 2 is 2.06 bits per heavy atom. The smallest absolute Gasteiger partial charge is 0.297 e. The number of nitrogens with zero attached hydrogens (tertiary/aromatic N) is 1. The summed E-state index contributed by atoms with van der Waals surface area (Å²) in [7, 11) is 0. The van der Waals surface area contributed by atoms with Gasteiger partial charge in [-0.25, -0.2) is 13.6 Å². The summed E-state index contributed by atoms with van der Waals surface area (Å²) in [6, 6.07) is 0. The van der Waals surface area contributed by atoms with Gasteiger partial charge in [-0.2, -0.15) is 0 Å². The van der Waals surface area contributed by atoms with Gasteiger partial charge in [-0.15, -0.1) is 0 Å². The zero-order chi connectivity index (χ0) is 12.3. The van der Waals surface area contributed by atoms with Crippen LogP contribution >= 0.6 is 11.6 Å². The lowest BCUT2D eigenvalue weighted by molar-refractivity contribution is 0.123. The van der Waals surface area contributed by atoms with Crippen LogP contribution in [0.2, 0.25) is 5.15 Å². The lowest BCUT2D eigenvalue weighted by Crippen LogP contribution is -2.39. The first-order chi connectivity index (χ1) is 7.47. The molecule has 0 spiro atoms. The zero-order valence-corrected chi connectivity index (χ0v) is 9.35. The highest BCUT2D eigenvalue weighted by atomic mass is 35.5. The molecule has 0 saturated carbocycles. The average molecular weight is 253 g/mol. The SMILES string of the molecule is CCCc1c(Cl)[nH]c(=O)n(CC(F)F)c1=O. The van der Waals surface area contributed by atoms with E-state index in [0.717, 1.165) is 0 Å². The van der Waals surface area contributed by atoms with Gasteiger partial charge in [-0.3, -0.25) is 14.3 Å². The normalized spacial score (nSPS) is 11.1. The van der Waals surface area contributed by atoms with E-state index in [0.29, 0.717) is 17.4 Å². The molecule has 16 heavy (non-hydrogen) atoms. The quantitative estimate of drug-likeness (QED) is 0.824. The lowest BCUT2D eigenvalue weighted by Gasteiger charge is -2.07. The van der Waals surface area contributed by atoms with Gasteiger partial charge in [0.05, 0.1) is 12.1 Å². The van der Waals surface area contributed by atoms with Gasteiger partial charge in [0, 0.05) is 0 Å². The number of hydrogen-bond donors (Lipinski definition) is 1. The number of aromatic amines is 1. The number of alkyl halides is 2. The first-order valence-corrected chi connectivity index (χ1v) is 5.14. The number of nitrogens with one attached hydrogen (secondary N) is 1. The van der Waals surface area contributed by atoms with Crippen molar-refractivity contribution in [3.05, 3.63) is 31.6 Å². The standard InChI is InChI=1S/C9H11ClF2N2O2/c1-2-3-5-7(10)13-9(16)14(8(5)15)4-6(11)12/h6H,2-4H2,1H3,(H,13,16). The summed E-state index contributed by atoms with van der Waals surface area (Å²) in [4.78, 5) is 25.1. The van der Waals surface area contributed by atoms with Crippen molar-refractivity contribution in [2.45, 2.75) is 32.7 Å². The molecule has 1 aromatic rings. The predicted molar refractivity (Wildman–Crippen MR) is 56.3 cm³/mol. The van der Waals surface area contributed by atoms with Crippen molar-refractivity contribution in [3.63, 3.8) is 0 Å². The second-order valence-corrected chi connectivity index (χ2v) is 3.66. The summed E-state index contributed by atoms with van der Waals surface area (Å²) < 4.78 is 24.8. The van der Waals surface area contributed by atoms with Gasteiger partial charge in [-0.05, 0) is 6.42 Å². The van der Waals surface area contributed by atoms with E-state index in [2.05, 4.69) is 4.98 Å². The summed E-state index contributed by atoms with van der Waals surface area (Å²) >= 11 is 5.67. The van der Waals surface area contributed by atoms with Crippen LogP contribution in [0.25, 0.3) is 0 Å². The third kappa shape index (κ3) is 2.69. The Kier molecular flexibility index (Phi) is 4.23. The first-order valence-electron chi connectivity index (χ1n) is 4.77. The largest absolute Gasteiger partial charge is 0.329 e. The zero-order valence-electron chi connectivity index (χ0n) is 8.60. The minimum Gasteiger partial charge on any atom is -0.297 e. The Morgan fingerprint density at radius 3 is 2.56 bits per heavy atom. The predicted octanol–water partition coefficient (Wildman–Crippen LogP) is 1.41. The Labute approximate surface area is 94.9 Å². The Balaban J connectivity index is 3.34. The fourth-order valence-corrected chi connectivity index (χ4v) is 1.61. The summed E-state index contributed by atoms with van der Waals surface area (Å²) in [6.45, 7) is 0.903. The highest BCUT2D eigenvalue weighted by Crippen LogP contribution is 2.08. The van der Waals surface area contributed by atoms with Gasteiger partial charge in [0.15, 0.2) is 0 Å². The summed E-state index contributed by atoms with van der Waals surface area (Å²) in [5.41, 5.74) is -1.48. The molecule has 1 N–H and O–H groups in total. The molecule has 4 nitrogen and oxygen atoms in total. The van der Waals surface area contributed by atoms with Crippen LogP contribution in [0.15, 0.2) is 9.59 Å². The van der Waals surface area contributed by atoms with Gasteiger partial charge in [0.1, 0.15) is 5.15 Å². The van der Waals surface area contributed by atoms with Crippen molar-refractivity contribution >= 4 is 11.6 Å². The van der Waals surface area contributed by atoms with Crippen molar-refractivity contribution in [2.75, 3.05) is 0 Å². The summed E-state index contributed by atoms with van der Waals surface area (Å²) in [5, 5.41) is -0.0673. The van der Waals surface area contributed by atoms with E-state index < -0.39 is 24.2 Å². The van der Waals surface area contributed by atoms with E-state index in [1.165, 1.54) is 0 Å². The maximum absolute atomic E-state index is 12.2. The van der Waals surface area contributed by atoms with Crippen LogP contribution in [-0.2, 0) is 13.0 Å². The van der Waals surface area contributed by atoms with Crippen LogP contribution in [0.5, 0.6) is 0 Å². The van der Waals surface area contributed by atoms with E-state index in [1.807, 2.05) is 6.92 Å². The van der Waals surface area contributed by atoms with Crippen molar-refractivity contribution in [3.8, 4) is 0 Å². The van der Waals surface area contributed by atoms with Crippen LogP contribution in [-0.4, -0.2) is 16.0 Å². The topological polar surface area (TPSA) is 54.9 Å². The van der Waals surface area contributed by atoms with E-state index in [9.17, 15) is 18.4 Å². The molecular formula is C9H11ClF2N2O2. The van der Waals surface area contributed by atoms with Crippen molar-refractivity contribution < 1.29 is 8.78 Å². The highest BCUT2D eigenvalue weighted by Gasteiger charge is 2.14. The second-order valence-electron chi connectivity index (χ2n) is 3.28. The molecule has 0 radical (unpaired) electrons. The van der Waals surface area contributed by atoms with Crippen LogP contribution < -0.4 is 11.2 Å². The van der Waals surface area contributed by atoms with E-state index >= 15 is 0 Å². The fourth-order valence-electron chi connectivity index (χ4n) is 1.36. The maximum atomic E-state index is 12.2. The van der Waals surface area contributed by atoms with Crippen LogP contribution in [0.1, 0.15) is 18.9 Å². The van der Waals surface area contributed by atoms with Gasteiger partial charge >= 0.3 is 5.69 Å². The molecule has 1 heterocycles. The number of halogens is 3. The lowest BCUT2D eigenvalue weighted by atomic mass is 10.2. The molecule has 7 heteroatoms. The average Bonchev–Trinajstić information content (AvgIpc) is 2.19. The monoisotopic (exact) mass is 252 g/mol. The van der Waals surface area contributed by atoms with Gasteiger partial charge < -0.3 is 0 Å². The molecule has 0 unspecified atom stereocenters. The number of rotatable bonds is 4. The molecule has 1 rings (SSSR count). The Hall–Kier alpha value is -1.17. The molecule has 0 atom stereocenters. The second kappa shape index (κ2) is 5.25. The molecule has 0 saturated heterocycles. The van der Waals surface area contributed by atoms with Crippen LogP contribution in [0, 0.1) is 0 Å². The number of aromatic nitrogens is 2. The Bertz CT molecular complexity index is 481. The van der Waals surface area contributed by atoms with E-state index in [1.54, 1.807) is 0 Å². The third-order valence-corrected chi connectivity index (χ3v) is 2.37. The summed E-state index contributed by atoms with van der Waals surface area (Å²) in [6.07, 6.45) is -1.78. The van der Waals surface area contributed by atoms with Crippen molar-refractivity contribution in [1.82, 2.24) is 9.55 Å². The highest BCUT2D eigenvalue weighted by molar-refractivity contribution is 6.30. The first kappa shape index (κ1) is 12.9. The minimum atomic E-state index is -2.76. The van der Waals surface area contributed by atoms with E-state index in [-0.39, 0.29) is 10.7 Å². The molecule has 0 aliphatic heterocycles. The van der Waals surface area contributed by atoms with Crippen molar-refractivity contribution in [2.24, 2.45) is 0 Å². The molecular weight excluding hydrogens is 242 g/mol. The van der Waals surface area contributed by atoms with Gasteiger partial charge in [-0.1, -0.05) is 24.9 Å². The molecule has 1 aromatic heterocycles. The Morgan fingerprint density at radius 1 is 1.44 bits per heavy atom. The molecule has 90 valence electrons. The minimum absolute atomic E-state index is 0.0673. The molecule has 0 aliphatic rings. The fraction of sp³-hybridized carbons (Fsp3) is 0.556. The van der Waals surface area contributed by atoms with E-state index in [4.69, 9.17) is 11.6 Å². The van der Waals surface area contributed by atoms with Crippen molar-refractivity contribution in [1.29, 1.82) is 0 Å². The van der Waals surface area contributed by atoms with Crippen LogP contribution in [0.3, 0.4) is 0 Å². The number of H-pyrrole nitrogens is 1. The van der Waals surface area contributed by atoms with Gasteiger partial charge in [0.2, 0.25) is 0 Å². The molecule has 0 amide bonds. The molecule has 0 aliphatic carbocycles. The third-order valence-electron chi connectivity index (χ3n) is 2.05. The molecule has 0 bridgehead atoms. The summed E-state index contributed by atoms with van der Waals surface area (Å²) in [5.74, 6) is 0. The van der Waals surface area contributed by atoms with Crippen LogP contribution in [0.4, 0.5) is 8.78 Å².